The van der Waals surface area contributed by atoms with Crippen LogP contribution in [0.4, 0.5) is 0 Å². The van der Waals surface area contributed by atoms with Gasteiger partial charge in [-0.1, -0.05) is 31.0 Å². The van der Waals surface area contributed by atoms with Crippen LogP contribution in [0.3, 0.4) is 0 Å². The molecule has 1 N–H and O–H groups in total. The van der Waals surface area contributed by atoms with Gasteiger partial charge in [-0.3, -0.25) is 4.90 Å². The SMILES string of the molecule is CCC1CCCN(C(C)c2cc(C)ccc2O)C1. The van der Waals surface area contributed by atoms with E-state index in [9.17, 15) is 5.11 Å². The first-order chi connectivity index (χ1) is 8.61. The third-order valence-electron chi connectivity index (χ3n) is 4.31. The quantitative estimate of drug-likeness (QED) is 0.876. The summed E-state index contributed by atoms with van der Waals surface area (Å²) in [6, 6.07) is 6.23. The lowest BCUT2D eigenvalue weighted by Crippen LogP contribution is -2.37. The number of aromatic hydroxyl groups is 1. The number of hydrogen-bond acceptors (Lipinski definition) is 2. The van der Waals surface area contributed by atoms with Gasteiger partial charge in [-0.2, -0.15) is 0 Å². The molecule has 100 valence electrons. The van der Waals surface area contributed by atoms with Gasteiger partial charge in [0.15, 0.2) is 0 Å². The summed E-state index contributed by atoms with van der Waals surface area (Å²) in [6.07, 6.45) is 3.91. The molecular weight excluding hydrogens is 222 g/mol. The van der Waals surface area contributed by atoms with Crippen LogP contribution in [-0.2, 0) is 0 Å². The smallest absolute Gasteiger partial charge is 0.120 e. The minimum absolute atomic E-state index is 0.319. The first kappa shape index (κ1) is 13.4. The number of rotatable bonds is 3. The summed E-state index contributed by atoms with van der Waals surface area (Å²) < 4.78 is 0. The lowest BCUT2D eigenvalue weighted by Gasteiger charge is -2.37. The van der Waals surface area contributed by atoms with Crippen LogP contribution in [0.5, 0.6) is 5.75 Å². The summed E-state index contributed by atoms with van der Waals surface area (Å²) >= 11 is 0. The largest absolute Gasteiger partial charge is 0.508 e. The topological polar surface area (TPSA) is 23.5 Å². The van der Waals surface area contributed by atoms with Gasteiger partial charge in [0.1, 0.15) is 5.75 Å². The molecule has 2 atom stereocenters. The predicted molar refractivity (Wildman–Crippen MR) is 75.8 cm³/mol. The molecule has 1 aromatic carbocycles. The summed E-state index contributed by atoms with van der Waals surface area (Å²) in [5, 5.41) is 10.0. The van der Waals surface area contributed by atoms with Crippen molar-refractivity contribution in [3.8, 4) is 5.75 Å². The minimum atomic E-state index is 0.319. The van der Waals surface area contributed by atoms with Crippen molar-refractivity contribution in [3.63, 3.8) is 0 Å². The Morgan fingerprint density at radius 2 is 2.22 bits per heavy atom. The van der Waals surface area contributed by atoms with Gasteiger partial charge >= 0.3 is 0 Å². The molecule has 2 rings (SSSR count). The average Bonchev–Trinajstić information content (AvgIpc) is 2.41. The Morgan fingerprint density at radius 3 is 2.94 bits per heavy atom. The van der Waals surface area contributed by atoms with Gasteiger partial charge in [-0.15, -0.1) is 0 Å². The number of phenolic OH excluding ortho intramolecular Hbond substituents is 1. The van der Waals surface area contributed by atoms with E-state index in [-0.39, 0.29) is 0 Å². The van der Waals surface area contributed by atoms with Crippen molar-refractivity contribution in [2.75, 3.05) is 13.1 Å². The summed E-state index contributed by atoms with van der Waals surface area (Å²) in [5.74, 6) is 1.26. The highest BCUT2D eigenvalue weighted by Crippen LogP contribution is 2.32. The number of phenols is 1. The molecule has 1 fully saturated rings. The van der Waals surface area contributed by atoms with Crippen LogP contribution in [0.1, 0.15) is 50.3 Å². The zero-order valence-corrected chi connectivity index (χ0v) is 11.8. The first-order valence-electron chi connectivity index (χ1n) is 7.15. The second kappa shape index (κ2) is 5.75. The lowest BCUT2D eigenvalue weighted by molar-refractivity contribution is 0.128. The van der Waals surface area contributed by atoms with E-state index >= 15 is 0 Å². The molecule has 1 aliphatic rings. The highest BCUT2D eigenvalue weighted by molar-refractivity contribution is 5.37. The van der Waals surface area contributed by atoms with Gasteiger partial charge in [0.05, 0.1) is 0 Å². The van der Waals surface area contributed by atoms with Crippen LogP contribution in [0.2, 0.25) is 0 Å². The Kier molecular flexibility index (Phi) is 4.28. The average molecular weight is 247 g/mol. The molecule has 0 aromatic heterocycles. The van der Waals surface area contributed by atoms with Crippen molar-refractivity contribution in [2.45, 2.75) is 46.1 Å². The van der Waals surface area contributed by atoms with E-state index in [0.29, 0.717) is 11.8 Å². The number of piperidine rings is 1. The van der Waals surface area contributed by atoms with Crippen molar-refractivity contribution >= 4 is 0 Å². The molecule has 2 nitrogen and oxygen atoms in total. The van der Waals surface area contributed by atoms with Gasteiger partial charge in [0, 0.05) is 18.2 Å². The number of hydrogen-bond donors (Lipinski definition) is 1. The molecule has 2 unspecified atom stereocenters. The predicted octanol–water partition coefficient (Wildman–Crippen LogP) is 3.88. The minimum Gasteiger partial charge on any atom is -0.508 e. The normalized spacial score (nSPS) is 22.9. The molecule has 2 heteroatoms. The molecule has 0 bridgehead atoms. The van der Waals surface area contributed by atoms with E-state index in [1.165, 1.54) is 31.4 Å². The van der Waals surface area contributed by atoms with Crippen LogP contribution >= 0.6 is 0 Å². The highest BCUT2D eigenvalue weighted by Gasteiger charge is 2.24. The molecule has 0 aliphatic carbocycles. The van der Waals surface area contributed by atoms with Gasteiger partial charge in [0.2, 0.25) is 0 Å². The van der Waals surface area contributed by atoms with Crippen molar-refractivity contribution in [2.24, 2.45) is 5.92 Å². The second-order valence-electron chi connectivity index (χ2n) is 5.65. The van der Waals surface area contributed by atoms with E-state index in [4.69, 9.17) is 0 Å². The van der Waals surface area contributed by atoms with Crippen molar-refractivity contribution in [1.82, 2.24) is 4.90 Å². The van der Waals surface area contributed by atoms with Crippen molar-refractivity contribution in [3.05, 3.63) is 29.3 Å². The van der Waals surface area contributed by atoms with E-state index in [2.05, 4.69) is 31.7 Å². The van der Waals surface area contributed by atoms with Gasteiger partial charge in [-0.05, 0) is 45.2 Å². The fourth-order valence-electron chi connectivity index (χ4n) is 2.99. The molecule has 1 saturated heterocycles. The zero-order valence-electron chi connectivity index (χ0n) is 11.8. The Bertz CT molecular complexity index is 402. The van der Waals surface area contributed by atoms with Gasteiger partial charge < -0.3 is 5.11 Å². The second-order valence-corrected chi connectivity index (χ2v) is 5.65. The number of aryl methyl sites for hydroxylation is 1. The van der Waals surface area contributed by atoms with E-state index in [0.717, 1.165) is 18.0 Å². The monoisotopic (exact) mass is 247 g/mol. The molecule has 0 saturated carbocycles. The molecule has 0 radical (unpaired) electrons. The summed E-state index contributed by atoms with van der Waals surface area (Å²) in [4.78, 5) is 2.52. The number of benzene rings is 1. The maximum absolute atomic E-state index is 10.0. The van der Waals surface area contributed by atoms with E-state index in [1.54, 1.807) is 0 Å². The van der Waals surface area contributed by atoms with Crippen LogP contribution in [-0.4, -0.2) is 23.1 Å². The van der Waals surface area contributed by atoms with Gasteiger partial charge in [0.25, 0.3) is 0 Å². The molecule has 0 spiro atoms. The molecule has 0 amide bonds. The molecule has 1 heterocycles. The Labute approximate surface area is 111 Å². The third kappa shape index (κ3) is 2.86. The Morgan fingerprint density at radius 1 is 1.44 bits per heavy atom. The molecule has 1 aliphatic heterocycles. The number of likely N-dealkylation sites (tertiary alicyclic amines) is 1. The van der Waals surface area contributed by atoms with Crippen LogP contribution in [0.15, 0.2) is 18.2 Å². The fraction of sp³-hybridized carbons (Fsp3) is 0.625. The summed E-state index contributed by atoms with van der Waals surface area (Å²) in [5.41, 5.74) is 2.30. The first-order valence-corrected chi connectivity index (χ1v) is 7.15. The molecule has 1 aromatic rings. The lowest BCUT2D eigenvalue weighted by atomic mass is 9.93. The Hall–Kier alpha value is -1.02. The fourth-order valence-corrected chi connectivity index (χ4v) is 2.99. The summed E-state index contributed by atoms with van der Waals surface area (Å²) in [7, 11) is 0. The summed E-state index contributed by atoms with van der Waals surface area (Å²) in [6.45, 7) is 8.91. The van der Waals surface area contributed by atoms with Crippen molar-refractivity contribution in [1.29, 1.82) is 0 Å². The maximum atomic E-state index is 10.0. The zero-order chi connectivity index (χ0) is 13.1. The van der Waals surface area contributed by atoms with Crippen molar-refractivity contribution < 1.29 is 5.11 Å². The molecule has 18 heavy (non-hydrogen) atoms. The van der Waals surface area contributed by atoms with E-state index in [1.807, 2.05) is 12.1 Å². The maximum Gasteiger partial charge on any atom is 0.120 e. The van der Waals surface area contributed by atoms with Gasteiger partial charge in [-0.25, -0.2) is 0 Å². The standard InChI is InChI=1S/C16H25NO/c1-4-14-6-5-9-17(11-14)13(3)15-10-12(2)7-8-16(15)18/h7-8,10,13-14,18H,4-6,9,11H2,1-3H3. The van der Waals surface area contributed by atoms with Crippen LogP contribution < -0.4 is 0 Å². The van der Waals surface area contributed by atoms with Crippen LogP contribution in [0, 0.1) is 12.8 Å². The van der Waals surface area contributed by atoms with Crippen LogP contribution in [0.25, 0.3) is 0 Å². The highest BCUT2D eigenvalue weighted by atomic mass is 16.3. The number of nitrogens with zero attached hydrogens (tertiary/aromatic N) is 1. The third-order valence-corrected chi connectivity index (χ3v) is 4.31. The van der Waals surface area contributed by atoms with E-state index < -0.39 is 0 Å². The Balaban J connectivity index is 2.14. The molecular formula is C16H25NO.